The van der Waals surface area contributed by atoms with Gasteiger partial charge in [0.25, 0.3) is 0 Å². The lowest BCUT2D eigenvalue weighted by Crippen LogP contribution is -2.25. The van der Waals surface area contributed by atoms with Crippen LogP contribution in [0.4, 0.5) is 0 Å². The second-order valence-corrected chi connectivity index (χ2v) is 4.88. The number of nitrogens with one attached hydrogen (secondary N) is 1. The molecule has 0 saturated heterocycles. The largest absolute Gasteiger partial charge is 0.491 e. The summed E-state index contributed by atoms with van der Waals surface area (Å²) < 4.78 is 5.61. The van der Waals surface area contributed by atoms with E-state index in [9.17, 15) is 0 Å². The van der Waals surface area contributed by atoms with Gasteiger partial charge < -0.3 is 10.1 Å². The minimum atomic E-state index is 0.239. The first-order chi connectivity index (χ1) is 8.11. The summed E-state index contributed by atoms with van der Waals surface area (Å²) in [7, 11) is 0. The van der Waals surface area contributed by atoms with Crippen LogP contribution in [0.2, 0.25) is 0 Å². The van der Waals surface area contributed by atoms with Gasteiger partial charge in [0.15, 0.2) is 0 Å². The van der Waals surface area contributed by atoms with E-state index in [0.717, 1.165) is 12.3 Å². The molecule has 0 radical (unpaired) electrons. The zero-order valence-electron chi connectivity index (χ0n) is 11.5. The smallest absolute Gasteiger partial charge is 0.119 e. The van der Waals surface area contributed by atoms with Gasteiger partial charge in [-0.2, -0.15) is 0 Å². The van der Waals surface area contributed by atoms with Crippen LogP contribution in [0, 0.1) is 0 Å². The summed E-state index contributed by atoms with van der Waals surface area (Å²) in [6.07, 6.45) is 2.70. The molecule has 1 aromatic carbocycles. The average Bonchev–Trinajstić information content (AvgIpc) is 2.28. The van der Waals surface area contributed by atoms with Crippen molar-refractivity contribution in [3.63, 3.8) is 0 Å². The lowest BCUT2D eigenvalue weighted by molar-refractivity contribution is 0.242. The van der Waals surface area contributed by atoms with Gasteiger partial charge in [-0.15, -0.1) is 0 Å². The van der Waals surface area contributed by atoms with Gasteiger partial charge in [0, 0.05) is 12.6 Å². The van der Waals surface area contributed by atoms with Crippen LogP contribution in [0.25, 0.3) is 0 Å². The SMILES string of the molecule is CCCC(C)NCc1ccc(OC(C)C)cc1. The fourth-order valence-electron chi connectivity index (χ4n) is 1.79. The molecule has 0 aromatic heterocycles. The Labute approximate surface area is 105 Å². The van der Waals surface area contributed by atoms with Gasteiger partial charge in [-0.25, -0.2) is 0 Å². The van der Waals surface area contributed by atoms with Crippen molar-refractivity contribution in [3.05, 3.63) is 29.8 Å². The highest BCUT2D eigenvalue weighted by Crippen LogP contribution is 2.13. The van der Waals surface area contributed by atoms with E-state index in [-0.39, 0.29) is 6.10 Å². The van der Waals surface area contributed by atoms with Crippen LogP contribution in [0.5, 0.6) is 5.75 Å². The molecule has 0 aliphatic heterocycles. The third kappa shape index (κ3) is 5.73. The summed E-state index contributed by atoms with van der Waals surface area (Å²) in [5, 5.41) is 3.52. The maximum Gasteiger partial charge on any atom is 0.119 e. The average molecular weight is 235 g/mol. The predicted octanol–water partition coefficient (Wildman–Crippen LogP) is 3.75. The Morgan fingerprint density at radius 1 is 1.12 bits per heavy atom. The van der Waals surface area contributed by atoms with Crippen LogP contribution in [0.3, 0.4) is 0 Å². The molecule has 0 spiro atoms. The van der Waals surface area contributed by atoms with Crippen molar-refractivity contribution in [2.45, 2.75) is 59.2 Å². The molecule has 0 saturated carbocycles. The van der Waals surface area contributed by atoms with Gasteiger partial charge >= 0.3 is 0 Å². The van der Waals surface area contributed by atoms with Crippen LogP contribution < -0.4 is 10.1 Å². The van der Waals surface area contributed by atoms with Crippen molar-refractivity contribution in [3.8, 4) is 5.75 Å². The highest BCUT2D eigenvalue weighted by molar-refractivity contribution is 5.27. The van der Waals surface area contributed by atoms with E-state index in [1.165, 1.54) is 18.4 Å². The van der Waals surface area contributed by atoms with Crippen LogP contribution in [0.1, 0.15) is 46.1 Å². The second kappa shape index (κ2) is 7.33. The van der Waals surface area contributed by atoms with Gasteiger partial charge in [-0.3, -0.25) is 0 Å². The number of benzene rings is 1. The standard InChI is InChI=1S/C15H25NO/c1-5-6-13(4)16-11-14-7-9-15(10-8-14)17-12(2)3/h7-10,12-13,16H,5-6,11H2,1-4H3. The molecule has 96 valence electrons. The normalized spacial score (nSPS) is 12.8. The Hall–Kier alpha value is -1.02. The van der Waals surface area contributed by atoms with E-state index < -0.39 is 0 Å². The summed E-state index contributed by atoms with van der Waals surface area (Å²) >= 11 is 0. The third-order valence-corrected chi connectivity index (χ3v) is 2.67. The Morgan fingerprint density at radius 3 is 2.29 bits per heavy atom. The van der Waals surface area contributed by atoms with Gasteiger partial charge in [0.2, 0.25) is 0 Å². The first kappa shape index (κ1) is 14.0. The van der Waals surface area contributed by atoms with Gasteiger partial charge in [-0.1, -0.05) is 25.5 Å². The molecule has 0 fully saturated rings. The molecule has 0 aliphatic rings. The quantitative estimate of drug-likeness (QED) is 0.777. The molecule has 2 nitrogen and oxygen atoms in total. The lowest BCUT2D eigenvalue weighted by Gasteiger charge is -2.13. The number of ether oxygens (including phenoxy) is 1. The van der Waals surface area contributed by atoms with Crippen LogP contribution in [-0.4, -0.2) is 12.1 Å². The molecular formula is C15H25NO. The molecule has 0 amide bonds. The molecule has 2 heteroatoms. The van der Waals surface area contributed by atoms with E-state index in [1.807, 2.05) is 26.0 Å². The number of hydrogen-bond donors (Lipinski definition) is 1. The molecule has 0 aliphatic carbocycles. The van der Waals surface area contributed by atoms with E-state index in [0.29, 0.717) is 6.04 Å². The number of rotatable bonds is 7. The summed E-state index contributed by atoms with van der Waals surface area (Å²) in [6.45, 7) is 9.48. The molecule has 1 atom stereocenters. The summed E-state index contributed by atoms with van der Waals surface area (Å²) in [4.78, 5) is 0. The molecule has 0 heterocycles. The Bertz CT molecular complexity index is 305. The molecule has 0 bridgehead atoms. The van der Waals surface area contributed by atoms with Crippen LogP contribution >= 0.6 is 0 Å². The monoisotopic (exact) mass is 235 g/mol. The van der Waals surface area contributed by atoms with E-state index in [4.69, 9.17) is 4.74 Å². The predicted molar refractivity (Wildman–Crippen MR) is 73.4 cm³/mol. The van der Waals surface area contributed by atoms with E-state index in [2.05, 4.69) is 31.3 Å². The van der Waals surface area contributed by atoms with E-state index >= 15 is 0 Å². The maximum atomic E-state index is 5.61. The van der Waals surface area contributed by atoms with Crippen molar-refractivity contribution < 1.29 is 4.74 Å². The van der Waals surface area contributed by atoms with Crippen LogP contribution in [0.15, 0.2) is 24.3 Å². The first-order valence-electron chi connectivity index (χ1n) is 6.60. The highest BCUT2D eigenvalue weighted by Gasteiger charge is 2.01. The molecule has 17 heavy (non-hydrogen) atoms. The van der Waals surface area contributed by atoms with E-state index in [1.54, 1.807) is 0 Å². The molecule has 1 unspecified atom stereocenters. The Morgan fingerprint density at radius 2 is 1.76 bits per heavy atom. The van der Waals surface area contributed by atoms with Gasteiger partial charge in [0.1, 0.15) is 5.75 Å². The molecule has 1 aromatic rings. The van der Waals surface area contributed by atoms with Crippen LogP contribution in [-0.2, 0) is 6.54 Å². The van der Waals surface area contributed by atoms with Crippen molar-refractivity contribution in [2.24, 2.45) is 0 Å². The zero-order chi connectivity index (χ0) is 12.7. The number of hydrogen-bond acceptors (Lipinski definition) is 2. The second-order valence-electron chi connectivity index (χ2n) is 4.88. The van der Waals surface area contributed by atoms with Crippen molar-refractivity contribution in [1.29, 1.82) is 0 Å². The molecular weight excluding hydrogens is 210 g/mol. The molecule has 1 N–H and O–H groups in total. The summed E-state index contributed by atoms with van der Waals surface area (Å²) in [6, 6.07) is 8.93. The molecule has 1 rings (SSSR count). The Balaban J connectivity index is 2.40. The fourth-order valence-corrected chi connectivity index (χ4v) is 1.79. The fraction of sp³-hybridized carbons (Fsp3) is 0.600. The van der Waals surface area contributed by atoms with Crippen molar-refractivity contribution in [1.82, 2.24) is 5.32 Å². The maximum absolute atomic E-state index is 5.61. The minimum absolute atomic E-state index is 0.239. The minimum Gasteiger partial charge on any atom is -0.491 e. The lowest BCUT2D eigenvalue weighted by atomic mass is 10.1. The topological polar surface area (TPSA) is 21.3 Å². The summed E-state index contributed by atoms with van der Waals surface area (Å²) in [5.41, 5.74) is 1.31. The van der Waals surface area contributed by atoms with Crippen molar-refractivity contribution >= 4 is 0 Å². The zero-order valence-corrected chi connectivity index (χ0v) is 11.5. The van der Waals surface area contributed by atoms with Gasteiger partial charge in [-0.05, 0) is 44.9 Å². The highest BCUT2D eigenvalue weighted by atomic mass is 16.5. The van der Waals surface area contributed by atoms with Crippen molar-refractivity contribution in [2.75, 3.05) is 0 Å². The third-order valence-electron chi connectivity index (χ3n) is 2.67. The Kier molecular flexibility index (Phi) is 6.06. The van der Waals surface area contributed by atoms with Gasteiger partial charge in [0.05, 0.1) is 6.10 Å². The first-order valence-corrected chi connectivity index (χ1v) is 6.60. The summed E-state index contributed by atoms with van der Waals surface area (Å²) in [5.74, 6) is 0.949.